The maximum absolute atomic E-state index is 6.01. The van der Waals surface area contributed by atoms with Gasteiger partial charge in [0.15, 0.2) is 0 Å². The fourth-order valence-corrected chi connectivity index (χ4v) is 4.23. The minimum atomic E-state index is 0.683. The van der Waals surface area contributed by atoms with Crippen molar-refractivity contribution in [3.8, 4) is 22.9 Å². The standard InChI is InChI=1S/C27H17ClN2O/c28-18-12-14-19(15-13-18)31-20-7-5-6-17(16-20)27-29-25-23-10-3-1-8-21(23)22-9-2-4-11-24(22)26(25)30-27/h1-16H,(H,29,30). The molecule has 4 heteroatoms. The van der Waals surface area contributed by atoms with Gasteiger partial charge in [-0.3, -0.25) is 0 Å². The normalized spacial score (nSPS) is 11.4. The Labute approximate surface area is 183 Å². The summed E-state index contributed by atoms with van der Waals surface area (Å²) in [5.74, 6) is 2.30. The molecule has 3 nitrogen and oxygen atoms in total. The molecule has 0 bridgehead atoms. The van der Waals surface area contributed by atoms with Crippen LogP contribution >= 0.6 is 11.6 Å². The third kappa shape index (κ3) is 3.11. The van der Waals surface area contributed by atoms with Crippen LogP contribution in [0.5, 0.6) is 11.5 Å². The lowest BCUT2D eigenvalue weighted by Crippen LogP contribution is -1.86. The topological polar surface area (TPSA) is 37.9 Å². The monoisotopic (exact) mass is 420 g/mol. The van der Waals surface area contributed by atoms with E-state index in [9.17, 15) is 0 Å². The zero-order chi connectivity index (χ0) is 20.8. The summed E-state index contributed by atoms with van der Waals surface area (Å²) >= 11 is 5.97. The number of halogens is 1. The van der Waals surface area contributed by atoms with Gasteiger partial charge in [-0.05, 0) is 47.2 Å². The summed E-state index contributed by atoms with van der Waals surface area (Å²) in [6, 6.07) is 32.2. The van der Waals surface area contributed by atoms with Crippen molar-refractivity contribution in [3.05, 3.63) is 102 Å². The van der Waals surface area contributed by atoms with Crippen molar-refractivity contribution in [1.29, 1.82) is 0 Å². The largest absolute Gasteiger partial charge is 0.457 e. The second-order valence-electron chi connectivity index (χ2n) is 7.48. The van der Waals surface area contributed by atoms with E-state index in [1.54, 1.807) is 0 Å². The molecule has 0 atom stereocenters. The Bertz CT molecular complexity index is 1500. The zero-order valence-corrected chi connectivity index (χ0v) is 17.2. The van der Waals surface area contributed by atoms with Crippen molar-refractivity contribution in [2.75, 3.05) is 0 Å². The van der Waals surface area contributed by atoms with Crippen LogP contribution < -0.4 is 4.74 Å². The Balaban J connectivity index is 1.50. The quantitative estimate of drug-likeness (QED) is 0.294. The summed E-state index contributed by atoms with van der Waals surface area (Å²) in [7, 11) is 0. The molecule has 0 fully saturated rings. The van der Waals surface area contributed by atoms with E-state index in [4.69, 9.17) is 21.3 Å². The number of hydrogen-bond acceptors (Lipinski definition) is 2. The molecule has 0 unspecified atom stereocenters. The maximum Gasteiger partial charge on any atom is 0.138 e. The first-order chi connectivity index (χ1) is 15.3. The molecule has 0 saturated carbocycles. The van der Waals surface area contributed by atoms with E-state index in [1.165, 1.54) is 16.2 Å². The first-order valence-electron chi connectivity index (χ1n) is 10.1. The molecule has 0 radical (unpaired) electrons. The maximum atomic E-state index is 6.01. The molecule has 0 aliphatic heterocycles. The summed E-state index contributed by atoms with van der Waals surface area (Å²) < 4.78 is 6.01. The Hall–Kier alpha value is -3.82. The van der Waals surface area contributed by atoms with Crippen molar-refractivity contribution in [1.82, 2.24) is 9.97 Å². The van der Waals surface area contributed by atoms with E-state index >= 15 is 0 Å². The predicted molar refractivity (Wildman–Crippen MR) is 128 cm³/mol. The van der Waals surface area contributed by atoms with Gasteiger partial charge < -0.3 is 9.72 Å². The molecule has 31 heavy (non-hydrogen) atoms. The van der Waals surface area contributed by atoms with Gasteiger partial charge in [0, 0.05) is 21.4 Å². The SMILES string of the molecule is Clc1ccc(Oc2cccc(-c3nc4c5ccccc5c5ccccc5c4[nH]3)c2)cc1. The lowest BCUT2D eigenvalue weighted by molar-refractivity contribution is 0.483. The lowest BCUT2D eigenvalue weighted by atomic mass is 10.0. The van der Waals surface area contributed by atoms with Gasteiger partial charge in [-0.1, -0.05) is 72.3 Å². The van der Waals surface area contributed by atoms with Crippen LogP contribution in [-0.2, 0) is 0 Å². The van der Waals surface area contributed by atoms with Crippen molar-refractivity contribution < 1.29 is 4.74 Å². The predicted octanol–water partition coefficient (Wildman–Crippen LogP) is 7.98. The number of benzene rings is 5. The molecule has 1 aromatic heterocycles. The highest BCUT2D eigenvalue weighted by molar-refractivity contribution is 6.30. The smallest absolute Gasteiger partial charge is 0.138 e. The van der Waals surface area contributed by atoms with Crippen LogP contribution in [0.25, 0.3) is 44.0 Å². The molecular weight excluding hydrogens is 404 g/mol. The average molecular weight is 421 g/mol. The summed E-state index contributed by atoms with van der Waals surface area (Å²) in [4.78, 5) is 8.55. The first kappa shape index (κ1) is 18.0. The van der Waals surface area contributed by atoms with E-state index in [0.29, 0.717) is 5.02 Å². The number of imidazole rings is 1. The van der Waals surface area contributed by atoms with E-state index in [1.807, 2.05) is 48.5 Å². The molecule has 0 aliphatic rings. The molecule has 5 aromatic carbocycles. The second-order valence-corrected chi connectivity index (χ2v) is 7.92. The summed E-state index contributed by atoms with van der Waals surface area (Å²) in [5.41, 5.74) is 3.00. The number of nitrogens with one attached hydrogen (secondary N) is 1. The molecule has 1 heterocycles. The third-order valence-electron chi connectivity index (χ3n) is 5.53. The van der Waals surface area contributed by atoms with Crippen molar-refractivity contribution in [3.63, 3.8) is 0 Å². The summed E-state index contributed by atoms with van der Waals surface area (Å²) in [6.07, 6.45) is 0. The Morgan fingerprint density at radius 1 is 0.645 bits per heavy atom. The highest BCUT2D eigenvalue weighted by Gasteiger charge is 2.13. The van der Waals surface area contributed by atoms with Crippen LogP contribution in [0.3, 0.4) is 0 Å². The number of ether oxygens (including phenoxy) is 1. The van der Waals surface area contributed by atoms with E-state index in [-0.39, 0.29) is 0 Å². The van der Waals surface area contributed by atoms with Crippen LogP contribution in [0, 0.1) is 0 Å². The van der Waals surface area contributed by atoms with Gasteiger partial charge in [-0.25, -0.2) is 4.98 Å². The van der Waals surface area contributed by atoms with Crippen LogP contribution in [0.15, 0.2) is 97.1 Å². The molecular formula is C27H17ClN2O. The molecule has 1 N–H and O–H groups in total. The molecule has 6 rings (SSSR count). The number of fused-ring (bicyclic) bond motifs is 6. The molecule has 6 aromatic rings. The molecule has 0 spiro atoms. The summed E-state index contributed by atoms with van der Waals surface area (Å²) in [6.45, 7) is 0. The number of rotatable bonds is 3. The highest BCUT2D eigenvalue weighted by atomic mass is 35.5. The van der Waals surface area contributed by atoms with Gasteiger partial charge >= 0.3 is 0 Å². The molecule has 0 aliphatic carbocycles. The summed E-state index contributed by atoms with van der Waals surface area (Å²) in [5, 5.41) is 5.43. The minimum absolute atomic E-state index is 0.683. The third-order valence-corrected chi connectivity index (χ3v) is 5.78. The fraction of sp³-hybridized carbons (Fsp3) is 0. The number of nitrogens with zero attached hydrogens (tertiary/aromatic N) is 1. The Kier molecular flexibility index (Phi) is 4.15. The lowest BCUT2D eigenvalue weighted by Gasteiger charge is -2.07. The van der Waals surface area contributed by atoms with Gasteiger partial charge in [0.1, 0.15) is 17.3 Å². The minimum Gasteiger partial charge on any atom is -0.457 e. The van der Waals surface area contributed by atoms with Crippen LogP contribution in [-0.4, -0.2) is 9.97 Å². The van der Waals surface area contributed by atoms with E-state index in [0.717, 1.165) is 39.3 Å². The van der Waals surface area contributed by atoms with Crippen LogP contribution in [0.4, 0.5) is 0 Å². The molecule has 0 amide bonds. The van der Waals surface area contributed by atoms with E-state index in [2.05, 4.69) is 53.5 Å². The van der Waals surface area contributed by atoms with Gasteiger partial charge in [0.2, 0.25) is 0 Å². The van der Waals surface area contributed by atoms with Crippen LogP contribution in [0.1, 0.15) is 0 Å². The zero-order valence-electron chi connectivity index (χ0n) is 16.5. The van der Waals surface area contributed by atoms with Gasteiger partial charge in [-0.15, -0.1) is 0 Å². The van der Waals surface area contributed by atoms with Crippen molar-refractivity contribution >= 4 is 44.2 Å². The van der Waals surface area contributed by atoms with Crippen molar-refractivity contribution in [2.45, 2.75) is 0 Å². The number of aromatic amines is 1. The molecule has 0 saturated heterocycles. The average Bonchev–Trinajstić information content (AvgIpc) is 3.27. The van der Waals surface area contributed by atoms with Gasteiger partial charge in [-0.2, -0.15) is 0 Å². The molecule has 148 valence electrons. The first-order valence-corrected chi connectivity index (χ1v) is 10.5. The van der Waals surface area contributed by atoms with Gasteiger partial charge in [0.05, 0.1) is 11.0 Å². The number of aromatic nitrogens is 2. The number of hydrogen-bond donors (Lipinski definition) is 1. The fourth-order valence-electron chi connectivity index (χ4n) is 4.11. The Morgan fingerprint density at radius 3 is 2.10 bits per heavy atom. The van der Waals surface area contributed by atoms with E-state index < -0.39 is 0 Å². The number of H-pyrrole nitrogens is 1. The Morgan fingerprint density at radius 2 is 1.32 bits per heavy atom. The highest BCUT2D eigenvalue weighted by Crippen LogP contribution is 2.35. The van der Waals surface area contributed by atoms with Gasteiger partial charge in [0.25, 0.3) is 0 Å². The van der Waals surface area contributed by atoms with Crippen molar-refractivity contribution in [2.24, 2.45) is 0 Å². The second kappa shape index (κ2) is 7.15. The van der Waals surface area contributed by atoms with Crippen LogP contribution in [0.2, 0.25) is 5.02 Å².